The van der Waals surface area contributed by atoms with E-state index in [0.717, 1.165) is 23.7 Å². The minimum absolute atomic E-state index is 0.257. The lowest BCUT2D eigenvalue weighted by Gasteiger charge is -2.03. The van der Waals surface area contributed by atoms with Crippen molar-refractivity contribution in [3.05, 3.63) is 35.5 Å². The number of benzene rings is 1. The second-order valence-electron chi connectivity index (χ2n) is 4.37. The number of H-pyrrole nitrogens is 1. The Balaban J connectivity index is 2.39. The van der Waals surface area contributed by atoms with E-state index >= 15 is 0 Å². The lowest BCUT2D eigenvalue weighted by molar-refractivity contribution is 0.0528. The molecule has 2 rings (SSSR count). The summed E-state index contributed by atoms with van der Waals surface area (Å²) in [6, 6.07) is 5.78. The summed E-state index contributed by atoms with van der Waals surface area (Å²) in [7, 11) is 0. The predicted molar refractivity (Wildman–Crippen MR) is 72.9 cm³/mol. The molecule has 18 heavy (non-hydrogen) atoms. The molecule has 0 aliphatic rings. The van der Waals surface area contributed by atoms with Gasteiger partial charge in [0.1, 0.15) is 0 Å². The fourth-order valence-corrected chi connectivity index (χ4v) is 2.17. The molecule has 0 saturated carbocycles. The smallest absolute Gasteiger partial charge is 0.340 e. The molecule has 0 atom stereocenters. The highest BCUT2D eigenvalue weighted by atomic mass is 16.5. The first kappa shape index (κ1) is 12.7. The van der Waals surface area contributed by atoms with Crippen molar-refractivity contribution >= 4 is 16.9 Å². The zero-order chi connectivity index (χ0) is 13.0. The maximum atomic E-state index is 11.8. The van der Waals surface area contributed by atoms with Crippen LogP contribution in [0, 0.1) is 0 Å². The van der Waals surface area contributed by atoms with E-state index in [4.69, 9.17) is 4.74 Å². The van der Waals surface area contributed by atoms with Crippen LogP contribution < -0.4 is 0 Å². The van der Waals surface area contributed by atoms with Gasteiger partial charge in [-0.2, -0.15) is 0 Å². The number of unbranched alkanes of at least 4 members (excludes halogenated alkanes) is 1. The molecule has 1 aromatic heterocycles. The highest BCUT2D eigenvalue weighted by Gasteiger charge is 2.13. The quantitative estimate of drug-likeness (QED) is 0.816. The Labute approximate surface area is 107 Å². The number of hydrogen-bond donors (Lipinski definition) is 1. The largest absolute Gasteiger partial charge is 0.462 e. The van der Waals surface area contributed by atoms with Crippen LogP contribution in [0.25, 0.3) is 10.9 Å². The molecule has 0 bridgehead atoms. The molecule has 0 spiro atoms. The van der Waals surface area contributed by atoms with Gasteiger partial charge < -0.3 is 9.72 Å². The first-order chi connectivity index (χ1) is 8.77. The van der Waals surface area contributed by atoms with Crippen LogP contribution >= 0.6 is 0 Å². The number of carbonyl (C=O) groups is 1. The summed E-state index contributed by atoms with van der Waals surface area (Å²) in [5.74, 6) is -0.257. The van der Waals surface area contributed by atoms with Crippen molar-refractivity contribution in [1.82, 2.24) is 4.98 Å². The lowest BCUT2D eigenvalue weighted by atomic mass is 10.1. The zero-order valence-corrected chi connectivity index (χ0v) is 11.0. The van der Waals surface area contributed by atoms with Gasteiger partial charge in [0.15, 0.2) is 0 Å². The van der Waals surface area contributed by atoms with Crippen LogP contribution in [0.2, 0.25) is 0 Å². The van der Waals surface area contributed by atoms with Crippen molar-refractivity contribution in [3.63, 3.8) is 0 Å². The van der Waals surface area contributed by atoms with Crippen molar-refractivity contribution in [2.24, 2.45) is 0 Å². The molecule has 3 heteroatoms. The molecule has 1 aromatic carbocycles. The maximum absolute atomic E-state index is 11.8. The Bertz CT molecular complexity index is 542. The van der Waals surface area contributed by atoms with Crippen LogP contribution in [0.5, 0.6) is 0 Å². The Kier molecular flexibility index (Phi) is 4.03. The number of hydrogen-bond acceptors (Lipinski definition) is 2. The van der Waals surface area contributed by atoms with Crippen LogP contribution in [0.4, 0.5) is 0 Å². The summed E-state index contributed by atoms with van der Waals surface area (Å²) in [6.45, 7) is 4.40. The Morgan fingerprint density at radius 1 is 1.33 bits per heavy atom. The molecule has 0 fully saturated rings. The normalized spacial score (nSPS) is 10.8. The van der Waals surface area contributed by atoms with E-state index in [2.05, 4.69) is 18.0 Å². The SMILES string of the molecule is CCCCc1c[nH]c2c(C(=O)OCC)cccc12. The van der Waals surface area contributed by atoms with Crippen LogP contribution in [0.1, 0.15) is 42.6 Å². The second kappa shape index (κ2) is 5.71. The number of rotatable bonds is 5. The minimum atomic E-state index is -0.257. The standard InChI is InChI=1S/C15H19NO2/c1-3-5-7-11-10-16-14-12(11)8-6-9-13(14)15(17)18-4-2/h6,8-10,16H,3-5,7H2,1-2H3. The van der Waals surface area contributed by atoms with Gasteiger partial charge in [0.25, 0.3) is 0 Å². The Hall–Kier alpha value is -1.77. The van der Waals surface area contributed by atoms with Crippen molar-refractivity contribution in [2.45, 2.75) is 33.1 Å². The number of nitrogens with one attached hydrogen (secondary N) is 1. The number of esters is 1. The molecular weight excluding hydrogens is 226 g/mol. The number of aryl methyl sites for hydroxylation is 1. The molecule has 3 nitrogen and oxygen atoms in total. The van der Waals surface area contributed by atoms with Crippen molar-refractivity contribution in [2.75, 3.05) is 6.61 Å². The summed E-state index contributed by atoms with van der Waals surface area (Å²) in [4.78, 5) is 15.0. The number of para-hydroxylation sites is 1. The summed E-state index contributed by atoms with van der Waals surface area (Å²) in [6.07, 6.45) is 5.38. The highest BCUT2D eigenvalue weighted by molar-refractivity contribution is 6.03. The number of aromatic nitrogens is 1. The molecule has 0 aliphatic heterocycles. The van der Waals surface area contributed by atoms with E-state index in [9.17, 15) is 4.79 Å². The van der Waals surface area contributed by atoms with Crippen LogP contribution in [0.15, 0.2) is 24.4 Å². The number of aromatic amines is 1. The summed E-state index contributed by atoms with van der Waals surface area (Å²) in [5.41, 5.74) is 2.79. The third-order valence-corrected chi connectivity index (χ3v) is 3.10. The van der Waals surface area contributed by atoms with Crippen LogP contribution in [-0.4, -0.2) is 17.6 Å². The van der Waals surface area contributed by atoms with Gasteiger partial charge in [-0.25, -0.2) is 4.79 Å². The molecule has 1 heterocycles. The average Bonchev–Trinajstić information content (AvgIpc) is 2.79. The molecule has 0 saturated heterocycles. The number of carbonyl (C=O) groups excluding carboxylic acids is 1. The molecule has 0 aliphatic carbocycles. The lowest BCUT2D eigenvalue weighted by Crippen LogP contribution is -2.05. The van der Waals surface area contributed by atoms with Crippen molar-refractivity contribution in [1.29, 1.82) is 0 Å². The fraction of sp³-hybridized carbons (Fsp3) is 0.400. The van der Waals surface area contributed by atoms with E-state index < -0.39 is 0 Å². The highest BCUT2D eigenvalue weighted by Crippen LogP contribution is 2.23. The molecule has 0 amide bonds. The van der Waals surface area contributed by atoms with Gasteiger partial charge in [-0.15, -0.1) is 0 Å². The van der Waals surface area contributed by atoms with E-state index in [0.29, 0.717) is 12.2 Å². The van der Waals surface area contributed by atoms with E-state index in [1.807, 2.05) is 19.2 Å². The van der Waals surface area contributed by atoms with Gasteiger partial charge in [0.05, 0.1) is 17.7 Å². The zero-order valence-electron chi connectivity index (χ0n) is 11.0. The van der Waals surface area contributed by atoms with E-state index in [1.165, 1.54) is 12.0 Å². The van der Waals surface area contributed by atoms with Gasteiger partial charge >= 0.3 is 5.97 Å². The predicted octanol–water partition coefficient (Wildman–Crippen LogP) is 3.69. The monoisotopic (exact) mass is 245 g/mol. The van der Waals surface area contributed by atoms with Gasteiger partial charge in [-0.3, -0.25) is 0 Å². The van der Waals surface area contributed by atoms with Crippen molar-refractivity contribution < 1.29 is 9.53 Å². The Morgan fingerprint density at radius 2 is 2.17 bits per heavy atom. The number of fused-ring (bicyclic) bond motifs is 1. The van der Waals surface area contributed by atoms with E-state index in [-0.39, 0.29) is 5.97 Å². The van der Waals surface area contributed by atoms with Gasteiger partial charge in [-0.1, -0.05) is 25.5 Å². The van der Waals surface area contributed by atoms with Crippen LogP contribution in [-0.2, 0) is 11.2 Å². The van der Waals surface area contributed by atoms with Gasteiger partial charge in [-0.05, 0) is 31.4 Å². The average molecular weight is 245 g/mol. The minimum Gasteiger partial charge on any atom is -0.462 e. The van der Waals surface area contributed by atoms with Crippen molar-refractivity contribution in [3.8, 4) is 0 Å². The molecule has 96 valence electrons. The fourth-order valence-electron chi connectivity index (χ4n) is 2.17. The second-order valence-corrected chi connectivity index (χ2v) is 4.37. The first-order valence-electron chi connectivity index (χ1n) is 6.54. The summed E-state index contributed by atoms with van der Waals surface area (Å²) >= 11 is 0. The topological polar surface area (TPSA) is 42.1 Å². The van der Waals surface area contributed by atoms with E-state index in [1.54, 1.807) is 6.07 Å². The van der Waals surface area contributed by atoms with Gasteiger partial charge in [0, 0.05) is 11.6 Å². The molecule has 0 unspecified atom stereocenters. The first-order valence-corrected chi connectivity index (χ1v) is 6.54. The third-order valence-electron chi connectivity index (χ3n) is 3.10. The third kappa shape index (κ3) is 2.40. The molecule has 0 radical (unpaired) electrons. The molecular formula is C15H19NO2. The maximum Gasteiger partial charge on any atom is 0.340 e. The molecule has 1 N–H and O–H groups in total. The van der Waals surface area contributed by atoms with Crippen LogP contribution in [0.3, 0.4) is 0 Å². The Morgan fingerprint density at radius 3 is 2.89 bits per heavy atom. The molecule has 2 aromatic rings. The van der Waals surface area contributed by atoms with Gasteiger partial charge in [0.2, 0.25) is 0 Å². The summed E-state index contributed by atoms with van der Waals surface area (Å²) in [5, 5.41) is 1.13. The number of ether oxygens (including phenoxy) is 1. The summed E-state index contributed by atoms with van der Waals surface area (Å²) < 4.78 is 5.07.